The van der Waals surface area contributed by atoms with Gasteiger partial charge in [-0.15, -0.1) is 0 Å². The number of amides is 1. The van der Waals surface area contributed by atoms with Gasteiger partial charge in [0, 0.05) is 54.4 Å². The SMILES string of the molecule is CCS(=O)(=O)c1ccc(Cl)cc1CNC(=O)c1cc(Cl)c(CN2CCC[C@H](NCCN)C2)c(C(F)(F)F)c1. The van der Waals surface area contributed by atoms with Gasteiger partial charge in [0.1, 0.15) is 0 Å². The number of nitrogens with one attached hydrogen (secondary N) is 2. The van der Waals surface area contributed by atoms with E-state index in [2.05, 4.69) is 10.6 Å². The molecule has 4 N–H and O–H groups in total. The molecule has 2 aromatic rings. The molecule has 38 heavy (non-hydrogen) atoms. The predicted octanol–water partition coefficient (Wildman–Crippen LogP) is 4.25. The monoisotopic (exact) mass is 594 g/mol. The Bertz CT molecular complexity index is 1260. The smallest absolute Gasteiger partial charge is 0.348 e. The van der Waals surface area contributed by atoms with Crippen molar-refractivity contribution in [2.75, 3.05) is 31.9 Å². The highest BCUT2D eigenvalue weighted by atomic mass is 35.5. The van der Waals surface area contributed by atoms with Crippen molar-refractivity contribution in [3.63, 3.8) is 0 Å². The number of nitrogens with zero attached hydrogens (tertiary/aromatic N) is 1. The summed E-state index contributed by atoms with van der Waals surface area (Å²) >= 11 is 12.3. The standard InChI is InChI=1S/C25H31Cl2F3N4O3S/c1-2-38(36,37)23-6-5-18(26)10-17(23)13-33-24(35)16-11-21(25(28,29)30)20(22(27)12-16)15-34-9-3-4-19(14-34)32-8-7-31/h5-6,10-12,19,32H,2-4,7-9,13-15,31H2,1H3,(H,33,35)/t19-/m0/s1. The van der Waals surface area contributed by atoms with E-state index in [-0.39, 0.29) is 56.5 Å². The van der Waals surface area contributed by atoms with Crippen LogP contribution < -0.4 is 16.4 Å². The van der Waals surface area contributed by atoms with Crippen LogP contribution in [0.3, 0.4) is 0 Å². The van der Waals surface area contributed by atoms with Gasteiger partial charge in [0.2, 0.25) is 0 Å². The van der Waals surface area contributed by atoms with Crippen LogP contribution in [0.1, 0.15) is 46.8 Å². The summed E-state index contributed by atoms with van der Waals surface area (Å²) in [5, 5.41) is 5.88. The highest BCUT2D eigenvalue weighted by Gasteiger charge is 2.36. The number of carbonyl (C=O) groups excluding carboxylic acids is 1. The topological polar surface area (TPSA) is 105 Å². The van der Waals surface area contributed by atoms with Crippen LogP contribution in [0.15, 0.2) is 35.2 Å². The van der Waals surface area contributed by atoms with Crippen molar-refractivity contribution in [1.82, 2.24) is 15.5 Å². The number of alkyl halides is 3. The van der Waals surface area contributed by atoms with Crippen molar-refractivity contribution in [3.8, 4) is 0 Å². The molecule has 0 saturated carbocycles. The lowest BCUT2D eigenvalue weighted by Gasteiger charge is -2.34. The lowest BCUT2D eigenvalue weighted by atomic mass is 10.00. The van der Waals surface area contributed by atoms with Gasteiger partial charge in [-0.3, -0.25) is 9.69 Å². The molecular formula is C25H31Cl2F3N4O3S. The Morgan fingerprint density at radius 1 is 1.21 bits per heavy atom. The van der Waals surface area contributed by atoms with E-state index in [1.54, 1.807) is 0 Å². The fourth-order valence-corrected chi connectivity index (χ4v) is 6.07. The number of hydrogen-bond donors (Lipinski definition) is 3. The molecule has 1 atom stereocenters. The summed E-state index contributed by atoms with van der Waals surface area (Å²) < 4.78 is 67.0. The van der Waals surface area contributed by atoms with Crippen LogP contribution in [0.2, 0.25) is 10.0 Å². The van der Waals surface area contributed by atoms with Gasteiger partial charge >= 0.3 is 6.18 Å². The maximum absolute atomic E-state index is 14.1. The van der Waals surface area contributed by atoms with Gasteiger partial charge in [-0.2, -0.15) is 13.2 Å². The minimum absolute atomic E-state index is 0.00477. The van der Waals surface area contributed by atoms with Crippen molar-refractivity contribution in [3.05, 3.63) is 62.6 Å². The van der Waals surface area contributed by atoms with Gasteiger partial charge in [0.15, 0.2) is 9.84 Å². The second-order valence-electron chi connectivity index (χ2n) is 9.14. The Hall–Kier alpha value is -1.89. The van der Waals surface area contributed by atoms with Gasteiger partial charge in [0.05, 0.1) is 16.2 Å². The zero-order chi connectivity index (χ0) is 28.1. The first-order chi connectivity index (χ1) is 17.9. The minimum Gasteiger partial charge on any atom is -0.348 e. The number of sulfone groups is 1. The van der Waals surface area contributed by atoms with Gasteiger partial charge in [-0.25, -0.2) is 8.42 Å². The number of halogens is 5. The Morgan fingerprint density at radius 2 is 1.95 bits per heavy atom. The van der Waals surface area contributed by atoms with E-state index in [1.165, 1.54) is 31.2 Å². The molecule has 0 spiro atoms. The molecule has 1 amide bonds. The molecule has 210 valence electrons. The van der Waals surface area contributed by atoms with E-state index in [0.717, 1.165) is 18.9 Å². The van der Waals surface area contributed by atoms with Crippen LogP contribution in [0.25, 0.3) is 0 Å². The van der Waals surface area contributed by atoms with Crippen LogP contribution in [-0.2, 0) is 29.1 Å². The molecule has 0 radical (unpaired) electrons. The minimum atomic E-state index is -4.74. The Balaban J connectivity index is 1.83. The average Bonchev–Trinajstić information content (AvgIpc) is 2.86. The summed E-state index contributed by atoms with van der Waals surface area (Å²) in [6.45, 7) is 3.48. The summed E-state index contributed by atoms with van der Waals surface area (Å²) in [5.74, 6) is -0.990. The lowest BCUT2D eigenvalue weighted by Crippen LogP contribution is -2.46. The van der Waals surface area contributed by atoms with Crippen LogP contribution in [0.4, 0.5) is 13.2 Å². The van der Waals surface area contributed by atoms with E-state index in [4.69, 9.17) is 28.9 Å². The first-order valence-electron chi connectivity index (χ1n) is 12.2. The van der Waals surface area contributed by atoms with Crippen LogP contribution >= 0.6 is 23.2 Å². The van der Waals surface area contributed by atoms with Gasteiger partial charge in [-0.1, -0.05) is 30.1 Å². The summed E-state index contributed by atoms with van der Waals surface area (Å²) in [4.78, 5) is 14.8. The van der Waals surface area contributed by atoms with Gasteiger partial charge in [-0.05, 0) is 60.8 Å². The Kier molecular flexibility index (Phi) is 10.5. The summed E-state index contributed by atoms with van der Waals surface area (Å²) in [6, 6.07) is 6.27. The number of rotatable bonds is 10. The number of likely N-dealkylation sites (tertiary alicyclic amines) is 1. The van der Waals surface area contributed by atoms with E-state index in [0.29, 0.717) is 26.2 Å². The maximum Gasteiger partial charge on any atom is 0.416 e. The zero-order valence-electron chi connectivity index (χ0n) is 20.9. The first kappa shape index (κ1) is 30.6. The molecule has 0 bridgehead atoms. The molecule has 7 nitrogen and oxygen atoms in total. The third kappa shape index (κ3) is 7.83. The highest BCUT2D eigenvalue weighted by molar-refractivity contribution is 7.91. The Labute approximate surface area is 230 Å². The van der Waals surface area contributed by atoms with E-state index < -0.39 is 27.5 Å². The molecule has 3 rings (SSSR count). The molecule has 0 unspecified atom stereocenters. The molecule has 0 aliphatic carbocycles. The number of piperidine rings is 1. The molecule has 13 heteroatoms. The third-order valence-corrected chi connectivity index (χ3v) is 8.81. The van der Waals surface area contributed by atoms with Crippen LogP contribution in [0.5, 0.6) is 0 Å². The van der Waals surface area contributed by atoms with Crippen molar-refractivity contribution in [2.45, 2.75) is 50.0 Å². The number of hydrogen-bond acceptors (Lipinski definition) is 6. The van der Waals surface area contributed by atoms with E-state index >= 15 is 0 Å². The fraction of sp³-hybridized carbons (Fsp3) is 0.480. The molecular weight excluding hydrogens is 564 g/mol. The molecule has 1 aliphatic rings. The number of carbonyl (C=O) groups is 1. The summed E-state index contributed by atoms with van der Waals surface area (Å²) in [7, 11) is -3.62. The predicted molar refractivity (Wildman–Crippen MR) is 142 cm³/mol. The third-order valence-electron chi connectivity index (χ3n) is 6.40. The number of benzene rings is 2. The molecule has 0 aromatic heterocycles. The average molecular weight is 596 g/mol. The second kappa shape index (κ2) is 13.0. The fourth-order valence-electron chi connectivity index (χ4n) is 4.48. The van der Waals surface area contributed by atoms with Crippen LogP contribution in [0, 0.1) is 0 Å². The molecule has 2 aromatic carbocycles. The molecule has 1 saturated heterocycles. The largest absolute Gasteiger partial charge is 0.416 e. The normalized spacial score (nSPS) is 17.0. The molecule has 1 heterocycles. The van der Waals surface area contributed by atoms with Crippen molar-refractivity contribution >= 4 is 38.9 Å². The van der Waals surface area contributed by atoms with Gasteiger partial charge < -0.3 is 16.4 Å². The molecule has 1 aliphatic heterocycles. The Morgan fingerprint density at radius 3 is 2.61 bits per heavy atom. The van der Waals surface area contributed by atoms with E-state index in [1.807, 2.05) is 4.90 Å². The summed E-state index contributed by atoms with van der Waals surface area (Å²) in [6.07, 6.45) is -3.01. The van der Waals surface area contributed by atoms with Crippen molar-refractivity contribution in [1.29, 1.82) is 0 Å². The van der Waals surface area contributed by atoms with Crippen LogP contribution in [-0.4, -0.2) is 57.2 Å². The lowest BCUT2D eigenvalue weighted by molar-refractivity contribution is -0.138. The van der Waals surface area contributed by atoms with Crippen molar-refractivity contribution < 1.29 is 26.4 Å². The van der Waals surface area contributed by atoms with Crippen molar-refractivity contribution in [2.24, 2.45) is 5.73 Å². The zero-order valence-corrected chi connectivity index (χ0v) is 23.2. The highest BCUT2D eigenvalue weighted by Crippen LogP contribution is 2.37. The quantitative estimate of drug-likeness (QED) is 0.380. The van der Waals surface area contributed by atoms with Gasteiger partial charge in [0.25, 0.3) is 5.91 Å². The first-order valence-corrected chi connectivity index (χ1v) is 14.6. The van der Waals surface area contributed by atoms with E-state index in [9.17, 15) is 26.4 Å². The number of nitrogens with two attached hydrogens (primary N) is 1. The summed E-state index contributed by atoms with van der Waals surface area (Å²) in [5.41, 5.74) is 4.41. The maximum atomic E-state index is 14.1. The second-order valence-corrected chi connectivity index (χ2v) is 12.2. The molecule has 1 fully saturated rings.